The van der Waals surface area contributed by atoms with Crippen LogP contribution in [0.2, 0.25) is 0 Å². The van der Waals surface area contributed by atoms with E-state index in [2.05, 4.69) is 26.0 Å². The zero-order valence-electron chi connectivity index (χ0n) is 11.2. The van der Waals surface area contributed by atoms with Gasteiger partial charge in [-0.25, -0.2) is 0 Å². The maximum Gasteiger partial charge on any atom is 0.122 e. The van der Waals surface area contributed by atoms with E-state index in [0.717, 1.165) is 32.3 Å². The molecule has 0 aliphatic rings. The molecule has 20 heavy (non-hydrogen) atoms. The Kier molecular flexibility index (Phi) is 3.31. The van der Waals surface area contributed by atoms with Gasteiger partial charge in [0.1, 0.15) is 6.10 Å². The predicted molar refractivity (Wildman–Crippen MR) is 81.4 cm³/mol. The van der Waals surface area contributed by atoms with Crippen LogP contribution in [0.1, 0.15) is 23.1 Å². The van der Waals surface area contributed by atoms with Crippen molar-refractivity contribution in [2.24, 2.45) is 7.05 Å². The molecule has 0 aliphatic heterocycles. The normalized spacial score (nSPS) is 12.8. The summed E-state index contributed by atoms with van der Waals surface area (Å²) in [5, 5.41) is 15.9. The Morgan fingerprint density at radius 3 is 2.75 bits per heavy atom. The van der Waals surface area contributed by atoms with Crippen molar-refractivity contribution in [2.75, 3.05) is 0 Å². The number of benzene rings is 1. The van der Waals surface area contributed by atoms with E-state index in [0.29, 0.717) is 0 Å². The van der Waals surface area contributed by atoms with Crippen LogP contribution in [0.25, 0.3) is 10.9 Å². The third-order valence-corrected chi connectivity index (χ3v) is 3.98. The van der Waals surface area contributed by atoms with Crippen molar-refractivity contribution < 1.29 is 5.11 Å². The van der Waals surface area contributed by atoms with E-state index >= 15 is 0 Å². The molecule has 0 bridgehead atoms. The van der Waals surface area contributed by atoms with Crippen LogP contribution in [0.3, 0.4) is 0 Å². The number of rotatable bonds is 2. The highest BCUT2D eigenvalue weighted by Crippen LogP contribution is 2.32. The molecule has 0 fully saturated rings. The van der Waals surface area contributed by atoms with Gasteiger partial charge in [-0.1, -0.05) is 18.2 Å². The van der Waals surface area contributed by atoms with Gasteiger partial charge in [-0.05, 0) is 40.5 Å². The second kappa shape index (κ2) is 5.00. The van der Waals surface area contributed by atoms with Gasteiger partial charge in [0.2, 0.25) is 0 Å². The Morgan fingerprint density at radius 2 is 2.05 bits per heavy atom. The lowest BCUT2D eigenvalue weighted by Crippen LogP contribution is -2.08. The SMILES string of the molecule is Cc1cc(C(O)c2c(Br)cnn2C)c2ccccc2n1. The van der Waals surface area contributed by atoms with Crippen LogP contribution in [0, 0.1) is 6.92 Å². The first-order chi connectivity index (χ1) is 9.58. The van der Waals surface area contributed by atoms with Gasteiger partial charge in [-0.2, -0.15) is 5.10 Å². The number of pyridine rings is 1. The Balaban J connectivity index is 2.24. The van der Waals surface area contributed by atoms with Crippen LogP contribution in [0.15, 0.2) is 41.0 Å². The summed E-state index contributed by atoms with van der Waals surface area (Å²) < 4.78 is 2.48. The van der Waals surface area contributed by atoms with Gasteiger partial charge < -0.3 is 5.11 Å². The monoisotopic (exact) mass is 331 g/mol. The van der Waals surface area contributed by atoms with E-state index < -0.39 is 6.10 Å². The van der Waals surface area contributed by atoms with Crippen molar-refractivity contribution in [1.29, 1.82) is 0 Å². The van der Waals surface area contributed by atoms with Crippen molar-refractivity contribution in [1.82, 2.24) is 14.8 Å². The average molecular weight is 332 g/mol. The fourth-order valence-corrected chi connectivity index (χ4v) is 3.01. The van der Waals surface area contributed by atoms with Crippen LogP contribution in [-0.4, -0.2) is 19.9 Å². The molecule has 5 heteroatoms. The first kappa shape index (κ1) is 13.3. The summed E-state index contributed by atoms with van der Waals surface area (Å²) in [4.78, 5) is 4.50. The number of nitrogens with zero attached hydrogens (tertiary/aromatic N) is 3. The van der Waals surface area contributed by atoms with Gasteiger partial charge in [0.25, 0.3) is 0 Å². The standard InChI is InChI=1S/C15H14BrN3O/c1-9-7-11(10-5-3-4-6-13(10)18-9)15(20)14-12(16)8-17-19(14)2/h3-8,15,20H,1-2H3. The number of aliphatic hydroxyl groups excluding tert-OH is 1. The van der Waals surface area contributed by atoms with E-state index in [1.165, 1.54) is 0 Å². The Bertz CT molecular complexity index is 762. The largest absolute Gasteiger partial charge is 0.382 e. The molecule has 0 radical (unpaired) electrons. The number of aliphatic hydroxyl groups is 1. The third kappa shape index (κ3) is 2.13. The van der Waals surface area contributed by atoms with Gasteiger partial charge >= 0.3 is 0 Å². The maximum absolute atomic E-state index is 10.7. The second-order valence-corrected chi connectivity index (χ2v) is 5.63. The molecule has 2 heterocycles. The van der Waals surface area contributed by atoms with E-state index in [9.17, 15) is 5.11 Å². The highest BCUT2D eigenvalue weighted by molar-refractivity contribution is 9.10. The van der Waals surface area contributed by atoms with Gasteiger partial charge in [0, 0.05) is 18.1 Å². The second-order valence-electron chi connectivity index (χ2n) is 4.77. The number of aromatic nitrogens is 3. The zero-order chi connectivity index (χ0) is 14.3. The van der Waals surface area contributed by atoms with Crippen molar-refractivity contribution >= 4 is 26.8 Å². The minimum Gasteiger partial charge on any atom is -0.382 e. The number of halogens is 1. The van der Waals surface area contributed by atoms with Gasteiger partial charge in [0.05, 0.1) is 21.9 Å². The summed E-state index contributed by atoms with van der Waals surface area (Å²) in [7, 11) is 1.82. The molecule has 0 saturated carbocycles. The summed E-state index contributed by atoms with van der Waals surface area (Å²) in [6.45, 7) is 1.93. The lowest BCUT2D eigenvalue weighted by Gasteiger charge is -2.15. The molecule has 0 saturated heterocycles. The molecule has 0 aliphatic carbocycles. The molecule has 1 N–H and O–H groups in total. The molecule has 3 aromatic rings. The molecular weight excluding hydrogens is 318 g/mol. The summed E-state index contributed by atoms with van der Waals surface area (Å²) in [6.07, 6.45) is 0.942. The molecule has 4 nitrogen and oxygen atoms in total. The average Bonchev–Trinajstić information content (AvgIpc) is 2.76. The molecule has 0 spiro atoms. The fourth-order valence-electron chi connectivity index (χ4n) is 2.44. The van der Waals surface area contributed by atoms with Crippen LogP contribution in [-0.2, 0) is 7.05 Å². The van der Waals surface area contributed by atoms with Crippen LogP contribution in [0.5, 0.6) is 0 Å². The van der Waals surface area contributed by atoms with Crippen LogP contribution >= 0.6 is 15.9 Å². The molecule has 1 unspecified atom stereocenters. The number of hydrogen-bond donors (Lipinski definition) is 1. The molecule has 102 valence electrons. The topological polar surface area (TPSA) is 50.9 Å². The molecule has 1 aromatic carbocycles. The van der Waals surface area contributed by atoms with Crippen molar-refractivity contribution in [3.05, 3.63) is 58.0 Å². The van der Waals surface area contributed by atoms with E-state index in [1.54, 1.807) is 10.9 Å². The van der Waals surface area contributed by atoms with Gasteiger partial charge in [-0.3, -0.25) is 9.67 Å². The minimum atomic E-state index is -0.747. The van der Waals surface area contributed by atoms with Crippen molar-refractivity contribution in [2.45, 2.75) is 13.0 Å². The predicted octanol–water partition coefficient (Wildman–Crippen LogP) is 3.12. The first-order valence-corrected chi connectivity index (χ1v) is 7.09. The molecule has 3 rings (SSSR count). The van der Waals surface area contributed by atoms with E-state index in [-0.39, 0.29) is 0 Å². The Labute approximate surface area is 125 Å². The Morgan fingerprint density at radius 1 is 1.30 bits per heavy atom. The van der Waals surface area contributed by atoms with Crippen molar-refractivity contribution in [3.8, 4) is 0 Å². The highest BCUT2D eigenvalue weighted by Gasteiger charge is 2.20. The van der Waals surface area contributed by atoms with E-state index in [4.69, 9.17) is 0 Å². The van der Waals surface area contributed by atoms with Gasteiger partial charge in [-0.15, -0.1) is 0 Å². The molecule has 2 aromatic heterocycles. The fraction of sp³-hybridized carbons (Fsp3) is 0.200. The van der Waals surface area contributed by atoms with Gasteiger partial charge in [0.15, 0.2) is 0 Å². The molecular formula is C15H14BrN3O. The lowest BCUT2D eigenvalue weighted by atomic mass is 10.0. The number of hydrogen-bond acceptors (Lipinski definition) is 3. The van der Waals surface area contributed by atoms with Crippen molar-refractivity contribution in [3.63, 3.8) is 0 Å². The summed E-state index contributed by atoms with van der Waals surface area (Å²) >= 11 is 3.44. The molecule has 1 atom stereocenters. The van der Waals surface area contributed by atoms with Crippen LogP contribution in [0.4, 0.5) is 0 Å². The quantitative estimate of drug-likeness (QED) is 0.784. The number of aryl methyl sites for hydroxylation is 2. The third-order valence-electron chi connectivity index (χ3n) is 3.37. The highest BCUT2D eigenvalue weighted by atomic mass is 79.9. The summed E-state index contributed by atoms with van der Waals surface area (Å²) in [5.74, 6) is 0. The number of para-hydroxylation sites is 1. The number of fused-ring (bicyclic) bond motifs is 1. The smallest absolute Gasteiger partial charge is 0.122 e. The molecule has 0 amide bonds. The lowest BCUT2D eigenvalue weighted by molar-refractivity contribution is 0.210. The van der Waals surface area contributed by atoms with Crippen LogP contribution < -0.4 is 0 Å². The Hall–Kier alpha value is -1.72. The minimum absolute atomic E-state index is 0.737. The zero-order valence-corrected chi connectivity index (χ0v) is 12.8. The summed E-state index contributed by atoms with van der Waals surface area (Å²) in [6, 6.07) is 9.76. The summed E-state index contributed by atoms with van der Waals surface area (Å²) in [5.41, 5.74) is 3.36. The maximum atomic E-state index is 10.7. The van der Waals surface area contributed by atoms with E-state index in [1.807, 2.05) is 44.3 Å². The first-order valence-electron chi connectivity index (χ1n) is 6.29.